The van der Waals surface area contributed by atoms with Crippen LogP contribution in [0.5, 0.6) is 0 Å². The number of para-hydroxylation sites is 1. The predicted molar refractivity (Wildman–Crippen MR) is 72.3 cm³/mol. The Morgan fingerprint density at radius 3 is 2.33 bits per heavy atom. The topological polar surface area (TPSA) is 43.6 Å². The molecule has 0 bridgehead atoms. The van der Waals surface area contributed by atoms with Gasteiger partial charge in [-0.05, 0) is 38.0 Å². The number of tetrazole rings is 1. The second kappa shape index (κ2) is 4.70. The van der Waals surface area contributed by atoms with Crippen molar-refractivity contribution in [1.29, 1.82) is 0 Å². The maximum Gasteiger partial charge on any atom is 0.222 e. The van der Waals surface area contributed by atoms with Crippen LogP contribution < -0.4 is 0 Å². The Bertz CT molecular complexity index is 664. The van der Waals surface area contributed by atoms with Gasteiger partial charge in [0.15, 0.2) is 0 Å². The first kappa shape index (κ1) is 11.1. The van der Waals surface area contributed by atoms with Crippen LogP contribution in [0, 0.1) is 0 Å². The SMILES string of the molecule is Brc1nnnn1-c1ccccc1-c1ccccc1. The van der Waals surface area contributed by atoms with E-state index in [1.54, 1.807) is 4.68 Å². The first-order valence-corrected chi connectivity index (χ1v) is 6.24. The number of hydrogen-bond acceptors (Lipinski definition) is 3. The maximum atomic E-state index is 3.98. The van der Waals surface area contributed by atoms with Gasteiger partial charge in [-0.1, -0.05) is 48.5 Å². The third-order valence-corrected chi connectivity index (χ3v) is 3.14. The molecular formula is C13H9BrN4. The summed E-state index contributed by atoms with van der Waals surface area (Å²) in [5.74, 6) is 0. The second-order valence-electron chi connectivity index (χ2n) is 3.74. The Balaban J connectivity index is 2.21. The zero-order valence-corrected chi connectivity index (χ0v) is 10.9. The van der Waals surface area contributed by atoms with E-state index >= 15 is 0 Å². The fourth-order valence-corrected chi connectivity index (χ4v) is 2.18. The minimum Gasteiger partial charge on any atom is -0.186 e. The molecule has 0 saturated heterocycles. The second-order valence-corrected chi connectivity index (χ2v) is 4.45. The van der Waals surface area contributed by atoms with Crippen molar-refractivity contribution in [2.45, 2.75) is 0 Å². The van der Waals surface area contributed by atoms with Crippen LogP contribution in [0.2, 0.25) is 0 Å². The molecule has 1 aromatic heterocycles. The third kappa shape index (κ3) is 1.93. The molecule has 0 N–H and O–H groups in total. The predicted octanol–water partition coefficient (Wildman–Crippen LogP) is 3.09. The van der Waals surface area contributed by atoms with Crippen molar-refractivity contribution in [1.82, 2.24) is 20.2 Å². The summed E-state index contributed by atoms with van der Waals surface area (Å²) in [5.41, 5.74) is 3.17. The Morgan fingerprint density at radius 1 is 0.889 bits per heavy atom. The lowest BCUT2D eigenvalue weighted by Gasteiger charge is -2.08. The molecular weight excluding hydrogens is 292 g/mol. The number of aromatic nitrogens is 4. The highest BCUT2D eigenvalue weighted by Gasteiger charge is 2.10. The molecule has 0 fully saturated rings. The van der Waals surface area contributed by atoms with Gasteiger partial charge < -0.3 is 0 Å². The summed E-state index contributed by atoms with van der Waals surface area (Å²) in [4.78, 5) is 0. The summed E-state index contributed by atoms with van der Waals surface area (Å²) in [6, 6.07) is 18.2. The fraction of sp³-hybridized carbons (Fsp3) is 0. The largest absolute Gasteiger partial charge is 0.222 e. The molecule has 2 aromatic carbocycles. The highest BCUT2D eigenvalue weighted by atomic mass is 79.9. The molecule has 3 rings (SSSR count). The number of hydrogen-bond donors (Lipinski definition) is 0. The zero-order chi connectivity index (χ0) is 12.4. The van der Waals surface area contributed by atoms with E-state index in [0.717, 1.165) is 16.8 Å². The molecule has 18 heavy (non-hydrogen) atoms. The molecule has 1 heterocycles. The first-order chi connectivity index (χ1) is 8.86. The summed E-state index contributed by atoms with van der Waals surface area (Å²) in [7, 11) is 0. The van der Waals surface area contributed by atoms with Crippen molar-refractivity contribution in [2.24, 2.45) is 0 Å². The highest BCUT2D eigenvalue weighted by molar-refractivity contribution is 9.10. The van der Waals surface area contributed by atoms with Gasteiger partial charge in [-0.25, -0.2) is 0 Å². The van der Waals surface area contributed by atoms with Crippen LogP contribution in [-0.4, -0.2) is 20.2 Å². The Labute approximate surface area is 112 Å². The van der Waals surface area contributed by atoms with Crippen molar-refractivity contribution in [2.75, 3.05) is 0 Å². The lowest BCUT2D eigenvalue weighted by molar-refractivity contribution is 0.784. The van der Waals surface area contributed by atoms with E-state index in [9.17, 15) is 0 Å². The van der Waals surface area contributed by atoms with Crippen LogP contribution in [0.25, 0.3) is 16.8 Å². The van der Waals surface area contributed by atoms with E-state index in [2.05, 4.69) is 49.7 Å². The number of benzene rings is 2. The normalized spacial score (nSPS) is 10.5. The van der Waals surface area contributed by atoms with Crippen molar-refractivity contribution in [3.8, 4) is 16.8 Å². The standard InChI is InChI=1S/C13H9BrN4/c14-13-15-16-17-18(13)12-9-5-4-8-11(12)10-6-2-1-3-7-10/h1-9H. The molecule has 88 valence electrons. The average molecular weight is 301 g/mol. The average Bonchev–Trinajstić information content (AvgIpc) is 2.86. The van der Waals surface area contributed by atoms with Gasteiger partial charge in [-0.15, -0.1) is 5.10 Å². The molecule has 3 aromatic rings. The fourth-order valence-electron chi connectivity index (χ4n) is 1.84. The van der Waals surface area contributed by atoms with Gasteiger partial charge in [0, 0.05) is 5.56 Å². The Kier molecular flexibility index (Phi) is 2.90. The Morgan fingerprint density at radius 2 is 1.61 bits per heavy atom. The molecule has 0 aliphatic carbocycles. The van der Waals surface area contributed by atoms with Crippen LogP contribution in [0.3, 0.4) is 0 Å². The quantitative estimate of drug-likeness (QED) is 0.730. The van der Waals surface area contributed by atoms with Crippen molar-refractivity contribution in [3.05, 3.63) is 59.3 Å². The van der Waals surface area contributed by atoms with E-state index in [0.29, 0.717) is 4.73 Å². The molecule has 0 saturated carbocycles. The summed E-state index contributed by atoms with van der Waals surface area (Å²) in [6.07, 6.45) is 0. The molecule has 0 aliphatic rings. The molecule has 0 radical (unpaired) electrons. The molecule has 5 heteroatoms. The van der Waals surface area contributed by atoms with Crippen molar-refractivity contribution >= 4 is 15.9 Å². The third-order valence-electron chi connectivity index (χ3n) is 2.65. The summed E-state index contributed by atoms with van der Waals surface area (Å²) >= 11 is 3.34. The number of nitrogens with zero attached hydrogens (tertiary/aromatic N) is 4. The number of rotatable bonds is 2. The van der Waals surface area contributed by atoms with Gasteiger partial charge >= 0.3 is 0 Å². The monoisotopic (exact) mass is 300 g/mol. The molecule has 4 nitrogen and oxygen atoms in total. The van der Waals surface area contributed by atoms with E-state index < -0.39 is 0 Å². The molecule has 0 unspecified atom stereocenters. The van der Waals surface area contributed by atoms with Gasteiger partial charge in [-0.3, -0.25) is 0 Å². The van der Waals surface area contributed by atoms with E-state index in [1.165, 1.54) is 0 Å². The summed E-state index contributed by atoms with van der Waals surface area (Å²) < 4.78 is 2.26. The van der Waals surface area contributed by atoms with Gasteiger partial charge in [0.1, 0.15) is 0 Å². The minimum atomic E-state index is 0.589. The zero-order valence-electron chi connectivity index (χ0n) is 9.36. The lowest BCUT2D eigenvalue weighted by Crippen LogP contribution is -1.99. The number of halogens is 1. The smallest absolute Gasteiger partial charge is 0.186 e. The molecule has 0 aliphatic heterocycles. The summed E-state index contributed by atoms with van der Waals surface area (Å²) in [6.45, 7) is 0. The lowest BCUT2D eigenvalue weighted by atomic mass is 10.0. The Hall–Kier alpha value is -2.01. The van der Waals surface area contributed by atoms with E-state index in [-0.39, 0.29) is 0 Å². The summed E-state index contributed by atoms with van der Waals surface area (Å²) in [5, 5.41) is 11.5. The molecule has 0 atom stereocenters. The highest BCUT2D eigenvalue weighted by Crippen LogP contribution is 2.27. The van der Waals surface area contributed by atoms with Gasteiger partial charge in [-0.2, -0.15) is 4.68 Å². The maximum absolute atomic E-state index is 3.98. The molecule has 0 amide bonds. The van der Waals surface area contributed by atoms with Gasteiger partial charge in [0.2, 0.25) is 4.73 Å². The minimum absolute atomic E-state index is 0.589. The van der Waals surface area contributed by atoms with Crippen LogP contribution in [0.4, 0.5) is 0 Å². The first-order valence-electron chi connectivity index (χ1n) is 5.45. The van der Waals surface area contributed by atoms with E-state index in [1.807, 2.05) is 36.4 Å². The van der Waals surface area contributed by atoms with Crippen LogP contribution in [0.1, 0.15) is 0 Å². The van der Waals surface area contributed by atoms with Gasteiger partial charge in [0.25, 0.3) is 0 Å². The van der Waals surface area contributed by atoms with Crippen LogP contribution in [-0.2, 0) is 0 Å². The van der Waals surface area contributed by atoms with Crippen molar-refractivity contribution < 1.29 is 0 Å². The van der Waals surface area contributed by atoms with Gasteiger partial charge in [0.05, 0.1) is 5.69 Å². The van der Waals surface area contributed by atoms with Crippen molar-refractivity contribution in [3.63, 3.8) is 0 Å². The van der Waals surface area contributed by atoms with Crippen LogP contribution in [0.15, 0.2) is 59.3 Å². The van der Waals surface area contributed by atoms with E-state index in [4.69, 9.17) is 0 Å². The van der Waals surface area contributed by atoms with Crippen LogP contribution >= 0.6 is 15.9 Å². The molecule has 0 spiro atoms.